The Hall–Kier alpha value is -3.82. The number of amides is 2. The van der Waals surface area contributed by atoms with Crippen molar-refractivity contribution >= 4 is 46.8 Å². The van der Waals surface area contributed by atoms with Gasteiger partial charge < -0.3 is 25.0 Å². The molecule has 0 radical (unpaired) electrons. The maximum Gasteiger partial charge on any atom is 0.329 e. The second-order valence-electron chi connectivity index (χ2n) is 10.2. The third-order valence-electron chi connectivity index (χ3n) is 6.98. The molecule has 2 N–H and O–H groups in total. The van der Waals surface area contributed by atoms with E-state index in [1.165, 1.54) is 0 Å². The first kappa shape index (κ1) is 32.1. The van der Waals surface area contributed by atoms with E-state index in [1.54, 1.807) is 29.3 Å². The van der Waals surface area contributed by atoms with Gasteiger partial charge in [0.1, 0.15) is 24.2 Å². The van der Waals surface area contributed by atoms with Crippen LogP contribution in [0.4, 0.5) is 5.82 Å². The summed E-state index contributed by atoms with van der Waals surface area (Å²) in [4.78, 5) is 44.6. The van der Waals surface area contributed by atoms with Crippen LogP contribution in [-0.2, 0) is 20.7 Å². The minimum absolute atomic E-state index is 0.0335. The fourth-order valence-electron chi connectivity index (χ4n) is 4.67. The molecule has 1 atom stereocenters. The average molecular weight is 628 g/mol. The number of benzene rings is 2. The molecule has 9 nitrogen and oxygen atoms in total. The Labute approximate surface area is 261 Å². The number of nitrogens with one attached hydrogen (secondary N) is 2. The Kier molecular flexibility index (Phi) is 12.5. The maximum absolute atomic E-state index is 13.2. The molecule has 1 aliphatic heterocycles. The number of halogens is 2. The number of pyridine rings is 1. The maximum atomic E-state index is 13.2. The summed E-state index contributed by atoms with van der Waals surface area (Å²) >= 11 is 12.5. The lowest BCUT2D eigenvalue weighted by Crippen LogP contribution is -2.44. The van der Waals surface area contributed by atoms with E-state index in [-0.39, 0.29) is 34.5 Å². The van der Waals surface area contributed by atoms with Crippen LogP contribution in [-0.4, -0.2) is 66.6 Å². The molecule has 0 spiro atoms. The third kappa shape index (κ3) is 10.1. The van der Waals surface area contributed by atoms with E-state index >= 15 is 0 Å². The van der Waals surface area contributed by atoms with Crippen molar-refractivity contribution in [1.29, 1.82) is 0 Å². The molecule has 1 fully saturated rings. The molecule has 3 aromatic rings. The monoisotopic (exact) mass is 626 g/mol. The van der Waals surface area contributed by atoms with Crippen LogP contribution in [0.25, 0.3) is 0 Å². The second kappa shape index (κ2) is 16.7. The lowest BCUT2D eigenvalue weighted by molar-refractivity contribution is -0.147. The number of hydrogen-bond acceptors (Lipinski definition) is 7. The standard InChI is InChI=1S/C32H36Cl2N4O5/c33-25-8-6-9-26(34)30(25)31(40)37-27(32(41)43-21-19-38-18-5-1-2-11-29(38)39)22-23-12-14-24(15-13-23)42-20-7-17-36-28-10-3-4-16-35-28/h3-4,6,8-10,12-16,27H,1-2,5,7,11,17-22H2,(H,35,36)(H,37,40)/t27-/m0/s1. The Morgan fingerprint density at radius 1 is 0.953 bits per heavy atom. The molecule has 1 aromatic heterocycles. The number of likely N-dealkylation sites (tertiary alicyclic amines) is 1. The summed E-state index contributed by atoms with van der Waals surface area (Å²) in [7, 11) is 0. The topological polar surface area (TPSA) is 110 Å². The molecule has 228 valence electrons. The van der Waals surface area contributed by atoms with Crippen LogP contribution in [0.15, 0.2) is 66.9 Å². The van der Waals surface area contributed by atoms with Crippen molar-refractivity contribution in [3.8, 4) is 5.75 Å². The summed E-state index contributed by atoms with van der Waals surface area (Å²) < 4.78 is 11.4. The number of nitrogens with zero attached hydrogens (tertiary/aromatic N) is 2. The molecule has 0 unspecified atom stereocenters. The van der Waals surface area contributed by atoms with Crippen molar-refractivity contribution < 1.29 is 23.9 Å². The van der Waals surface area contributed by atoms with Gasteiger partial charge >= 0.3 is 5.97 Å². The quantitative estimate of drug-likeness (QED) is 0.178. The van der Waals surface area contributed by atoms with Crippen LogP contribution in [0.1, 0.15) is 48.0 Å². The molecule has 1 saturated heterocycles. The Morgan fingerprint density at radius 2 is 1.74 bits per heavy atom. The van der Waals surface area contributed by atoms with E-state index in [4.69, 9.17) is 32.7 Å². The van der Waals surface area contributed by atoms with Crippen molar-refractivity contribution in [2.24, 2.45) is 0 Å². The molecule has 43 heavy (non-hydrogen) atoms. The number of carbonyl (C=O) groups excluding carboxylic acids is 3. The molecule has 0 saturated carbocycles. The number of esters is 1. The van der Waals surface area contributed by atoms with Gasteiger partial charge in [-0.2, -0.15) is 0 Å². The summed E-state index contributed by atoms with van der Waals surface area (Å²) in [5.74, 6) is 0.381. The highest BCUT2D eigenvalue weighted by molar-refractivity contribution is 6.39. The van der Waals surface area contributed by atoms with Gasteiger partial charge in [0.25, 0.3) is 5.91 Å². The zero-order chi connectivity index (χ0) is 30.4. The fraction of sp³-hybridized carbons (Fsp3) is 0.375. The van der Waals surface area contributed by atoms with Gasteiger partial charge in [0, 0.05) is 32.1 Å². The van der Waals surface area contributed by atoms with Gasteiger partial charge in [-0.1, -0.05) is 53.9 Å². The zero-order valence-corrected chi connectivity index (χ0v) is 25.4. The lowest BCUT2D eigenvalue weighted by atomic mass is 10.0. The highest BCUT2D eigenvalue weighted by Gasteiger charge is 2.26. The average Bonchev–Trinajstić information content (AvgIpc) is 3.21. The molecule has 2 amide bonds. The van der Waals surface area contributed by atoms with E-state index in [2.05, 4.69) is 15.6 Å². The van der Waals surface area contributed by atoms with Crippen LogP contribution in [0.5, 0.6) is 5.75 Å². The van der Waals surface area contributed by atoms with Crippen molar-refractivity contribution in [1.82, 2.24) is 15.2 Å². The summed E-state index contributed by atoms with van der Waals surface area (Å²) in [5.41, 5.74) is 0.874. The first-order chi connectivity index (χ1) is 20.9. The number of rotatable bonds is 14. The molecule has 0 aliphatic carbocycles. The van der Waals surface area contributed by atoms with Crippen molar-refractivity contribution in [3.05, 3.63) is 88.0 Å². The molecule has 11 heteroatoms. The SMILES string of the molecule is O=C(N[C@@H](Cc1ccc(OCCCNc2ccccn2)cc1)C(=O)OCCN1CCCCCC1=O)c1c(Cl)cccc1Cl. The first-order valence-corrected chi connectivity index (χ1v) is 15.2. The summed E-state index contributed by atoms with van der Waals surface area (Å²) in [5, 5.41) is 6.33. The number of ether oxygens (including phenoxy) is 2. The molecule has 0 bridgehead atoms. The molecular weight excluding hydrogens is 591 g/mol. The highest BCUT2D eigenvalue weighted by Crippen LogP contribution is 2.24. The minimum atomic E-state index is -1.01. The van der Waals surface area contributed by atoms with Crippen molar-refractivity contribution in [2.45, 2.75) is 44.6 Å². The van der Waals surface area contributed by atoms with Gasteiger partial charge in [0.05, 0.1) is 28.8 Å². The predicted molar refractivity (Wildman–Crippen MR) is 167 cm³/mol. The van der Waals surface area contributed by atoms with E-state index in [0.29, 0.717) is 31.9 Å². The normalized spacial score (nSPS) is 14.0. The molecule has 1 aliphatic rings. The van der Waals surface area contributed by atoms with Crippen LogP contribution in [0.3, 0.4) is 0 Å². The third-order valence-corrected chi connectivity index (χ3v) is 7.61. The fourth-order valence-corrected chi connectivity index (χ4v) is 5.24. The lowest BCUT2D eigenvalue weighted by Gasteiger charge is -2.22. The highest BCUT2D eigenvalue weighted by atomic mass is 35.5. The Morgan fingerprint density at radius 3 is 2.49 bits per heavy atom. The van der Waals surface area contributed by atoms with E-state index in [1.807, 2.05) is 42.5 Å². The van der Waals surface area contributed by atoms with Gasteiger partial charge in [-0.15, -0.1) is 0 Å². The largest absolute Gasteiger partial charge is 0.494 e. The van der Waals surface area contributed by atoms with Gasteiger partial charge in [-0.05, 0) is 61.2 Å². The molecular formula is C32H36Cl2N4O5. The second-order valence-corrected chi connectivity index (χ2v) is 11.0. The van der Waals surface area contributed by atoms with Crippen LogP contribution in [0.2, 0.25) is 10.0 Å². The molecule has 2 heterocycles. The van der Waals surface area contributed by atoms with Gasteiger partial charge in [0.2, 0.25) is 5.91 Å². The summed E-state index contributed by atoms with van der Waals surface area (Å²) in [6.45, 7) is 2.23. The van der Waals surface area contributed by atoms with E-state index < -0.39 is 17.9 Å². The zero-order valence-electron chi connectivity index (χ0n) is 23.9. The van der Waals surface area contributed by atoms with E-state index in [9.17, 15) is 14.4 Å². The van der Waals surface area contributed by atoms with Crippen molar-refractivity contribution in [3.63, 3.8) is 0 Å². The number of aromatic nitrogens is 1. The van der Waals surface area contributed by atoms with Crippen LogP contribution in [0, 0.1) is 0 Å². The van der Waals surface area contributed by atoms with Gasteiger partial charge in [-0.3, -0.25) is 9.59 Å². The molecule has 2 aromatic carbocycles. The van der Waals surface area contributed by atoms with Crippen LogP contribution >= 0.6 is 23.2 Å². The smallest absolute Gasteiger partial charge is 0.329 e. The van der Waals surface area contributed by atoms with Gasteiger partial charge in [0.15, 0.2) is 0 Å². The predicted octanol–water partition coefficient (Wildman–Crippen LogP) is 5.56. The number of hydrogen-bond donors (Lipinski definition) is 2. The first-order valence-electron chi connectivity index (χ1n) is 14.5. The Bertz CT molecular complexity index is 1340. The Balaban J connectivity index is 1.34. The van der Waals surface area contributed by atoms with Gasteiger partial charge in [-0.25, -0.2) is 9.78 Å². The number of anilines is 1. The van der Waals surface area contributed by atoms with E-state index in [0.717, 1.165) is 43.6 Å². The minimum Gasteiger partial charge on any atom is -0.494 e. The van der Waals surface area contributed by atoms with Crippen LogP contribution < -0.4 is 15.4 Å². The molecule has 4 rings (SSSR count). The number of carbonyl (C=O) groups is 3. The summed E-state index contributed by atoms with van der Waals surface area (Å²) in [6.07, 6.45) is 6.01. The summed E-state index contributed by atoms with van der Waals surface area (Å²) in [6, 6.07) is 16.8. The van der Waals surface area contributed by atoms with Crippen molar-refractivity contribution in [2.75, 3.05) is 38.2 Å².